The predicted octanol–water partition coefficient (Wildman–Crippen LogP) is 0.649. The van der Waals surface area contributed by atoms with Gasteiger partial charge in [0.25, 0.3) is 5.91 Å². The van der Waals surface area contributed by atoms with Crippen molar-refractivity contribution < 1.29 is 18.8 Å². The first kappa shape index (κ1) is 15.9. The Morgan fingerprint density at radius 3 is 2.88 bits per heavy atom. The molecule has 0 radical (unpaired) electrons. The minimum Gasteiger partial charge on any atom is -0.340 e. The Morgan fingerprint density at radius 2 is 2.17 bits per heavy atom. The standard InChI is InChI=1S/C15H16FN5O3/c1-21(13(22)5-4-10-14(23)20-15(24)19-10)7-12-17-9-3-2-8(16)6-11(9)18-12/h2-3,6,10H,4-5,7H2,1H3,(H,17,18)(H2,19,20,23,24)/t10-/m0/s1. The van der Waals surface area contributed by atoms with Crippen molar-refractivity contribution in [3.8, 4) is 0 Å². The lowest BCUT2D eigenvalue weighted by Crippen LogP contribution is -2.32. The van der Waals surface area contributed by atoms with Crippen LogP contribution < -0.4 is 10.6 Å². The summed E-state index contributed by atoms with van der Waals surface area (Å²) in [5, 5.41) is 4.57. The number of benzene rings is 1. The minimum absolute atomic E-state index is 0.115. The van der Waals surface area contributed by atoms with Crippen LogP contribution in [0.15, 0.2) is 18.2 Å². The fraction of sp³-hybridized carbons (Fsp3) is 0.333. The van der Waals surface area contributed by atoms with Gasteiger partial charge in [0, 0.05) is 13.5 Å². The summed E-state index contributed by atoms with van der Waals surface area (Å²) in [5.74, 6) is -0.428. The molecule has 0 saturated carbocycles. The SMILES string of the molecule is CN(Cc1nc2ccc(F)cc2[nH]1)C(=O)CC[C@@H]1NC(=O)NC1=O. The van der Waals surface area contributed by atoms with Crippen LogP contribution in [0.25, 0.3) is 11.0 Å². The second-order valence-corrected chi connectivity index (χ2v) is 5.65. The number of urea groups is 1. The van der Waals surface area contributed by atoms with Crippen molar-refractivity contribution in [3.05, 3.63) is 29.8 Å². The molecule has 8 nitrogen and oxygen atoms in total. The molecule has 24 heavy (non-hydrogen) atoms. The molecule has 0 unspecified atom stereocenters. The maximum Gasteiger partial charge on any atom is 0.322 e. The molecule has 3 rings (SSSR count). The van der Waals surface area contributed by atoms with Gasteiger partial charge in [-0.15, -0.1) is 0 Å². The summed E-state index contributed by atoms with van der Waals surface area (Å²) in [6, 6.07) is 3.01. The van der Waals surface area contributed by atoms with E-state index in [0.29, 0.717) is 16.9 Å². The Bertz CT molecular complexity index is 819. The second-order valence-electron chi connectivity index (χ2n) is 5.65. The number of H-pyrrole nitrogens is 1. The molecule has 1 aromatic carbocycles. The van der Waals surface area contributed by atoms with Gasteiger partial charge in [-0.2, -0.15) is 0 Å². The summed E-state index contributed by atoms with van der Waals surface area (Å²) >= 11 is 0. The van der Waals surface area contributed by atoms with Crippen LogP contribution in [0.2, 0.25) is 0 Å². The number of carbonyl (C=O) groups is 3. The predicted molar refractivity (Wildman–Crippen MR) is 82.2 cm³/mol. The number of hydrogen-bond acceptors (Lipinski definition) is 4. The van der Waals surface area contributed by atoms with Gasteiger partial charge >= 0.3 is 6.03 Å². The molecule has 9 heteroatoms. The number of halogens is 1. The third kappa shape index (κ3) is 3.34. The normalized spacial score (nSPS) is 17.0. The molecule has 2 aromatic rings. The largest absolute Gasteiger partial charge is 0.340 e. The molecule has 1 aliphatic heterocycles. The molecule has 0 bridgehead atoms. The van der Waals surface area contributed by atoms with Crippen LogP contribution in [0.4, 0.5) is 9.18 Å². The van der Waals surface area contributed by atoms with Gasteiger partial charge < -0.3 is 15.2 Å². The molecule has 0 spiro atoms. The zero-order valence-corrected chi connectivity index (χ0v) is 12.9. The van der Waals surface area contributed by atoms with Gasteiger partial charge in [0.05, 0.1) is 17.6 Å². The highest BCUT2D eigenvalue weighted by molar-refractivity contribution is 6.04. The lowest BCUT2D eigenvalue weighted by Gasteiger charge is -2.16. The highest BCUT2D eigenvalue weighted by Crippen LogP contribution is 2.14. The number of nitrogens with zero attached hydrogens (tertiary/aromatic N) is 2. The third-order valence-electron chi connectivity index (χ3n) is 3.81. The number of rotatable bonds is 5. The quantitative estimate of drug-likeness (QED) is 0.698. The van der Waals surface area contributed by atoms with Crippen LogP contribution >= 0.6 is 0 Å². The van der Waals surface area contributed by atoms with Crippen molar-refractivity contribution >= 4 is 28.9 Å². The first-order chi connectivity index (χ1) is 11.4. The Balaban J connectivity index is 1.57. The van der Waals surface area contributed by atoms with Crippen LogP contribution in [0, 0.1) is 5.82 Å². The number of aromatic amines is 1. The Labute approximate surface area is 136 Å². The second kappa shape index (κ2) is 6.26. The van der Waals surface area contributed by atoms with Crippen molar-refractivity contribution in [3.63, 3.8) is 0 Å². The van der Waals surface area contributed by atoms with E-state index in [2.05, 4.69) is 20.6 Å². The van der Waals surface area contributed by atoms with E-state index in [1.165, 1.54) is 17.0 Å². The van der Waals surface area contributed by atoms with Crippen molar-refractivity contribution in [2.75, 3.05) is 7.05 Å². The summed E-state index contributed by atoms with van der Waals surface area (Å²) in [4.78, 5) is 43.3. The fourth-order valence-electron chi connectivity index (χ4n) is 2.54. The molecular weight excluding hydrogens is 317 g/mol. The molecule has 126 valence electrons. The van der Waals surface area contributed by atoms with Crippen LogP contribution in [-0.2, 0) is 16.1 Å². The Morgan fingerprint density at radius 1 is 1.38 bits per heavy atom. The van der Waals surface area contributed by atoms with Crippen molar-refractivity contribution in [1.29, 1.82) is 0 Å². The maximum absolute atomic E-state index is 13.2. The van der Waals surface area contributed by atoms with E-state index in [-0.39, 0.29) is 31.1 Å². The zero-order chi connectivity index (χ0) is 17.3. The summed E-state index contributed by atoms with van der Waals surface area (Å²) in [6.45, 7) is 0.234. The van der Waals surface area contributed by atoms with E-state index < -0.39 is 18.0 Å². The average Bonchev–Trinajstić information content (AvgIpc) is 3.06. The van der Waals surface area contributed by atoms with E-state index in [1.807, 2.05) is 0 Å². The van der Waals surface area contributed by atoms with E-state index in [1.54, 1.807) is 13.1 Å². The van der Waals surface area contributed by atoms with Crippen molar-refractivity contribution in [1.82, 2.24) is 25.5 Å². The summed E-state index contributed by atoms with van der Waals surface area (Å²) in [6.07, 6.45) is 0.343. The average molecular weight is 333 g/mol. The highest BCUT2D eigenvalue weighted by atomic mass is 19.1. The van der Waals surface area contributed by atoms with Gasteiger partial charge in [-0.1, -0.05) is 0 Å². The van der Waals surface area contributed by atoms with Gasteiger partial charge in [-0.3, -0.25) is 14.9 Å². The van der Waals surface area contributed by atoms with Crippen molar-refractivity contribution in [2.45, 2.75) is 25.4 Å². The smallest absolute Gasteiger partial charge is 0.322 e. The molecule has 1 aromatic heterocycles. The zero-order valence-electron chi connectivity index (χ0n) is 12.9. The summed E-state index contributed by atoms with van der Waals surface area (Å²) in [7, 11) is 1.61. The third-order valence-corrected chi connectivity index (χ3v) is 3.81. The number of imidazole rings is 1. The number of carbonyl (C=O) groups excluding carboxylic acids is 3. The maximum atomic E-state index is 13.2. The van der Waals surface area contributed by atoms with Crippen LogP contribution in [0.3, 0.4) is 0 Å². The number of fused-ring (bicyclic) bond motifs is 1. The van der Waals surface area contributed by atoms with Gasteiger partial charge in [-0.05, 0) is 24.6 Å². The number of amides is 4. The lowest BCUT2D eigenvalue weighted by molar-refractivity contribution is -0.130. The summed E-state index contributed by atoms with van der Waals surface area (Å²) < 4.78 is 13.2. The van der Waals surface area contributed by atoms with Crippen LogP contribution in [0.1, 0.15) is 18.7 Å². The van der Waals surface area contributed by atoms with Gasteiger partial charge in [0.15, 0.2) is 0 Å². The van der Waals surface area contributed by atoms with E-state index in [4.69, 9.17) is 0 Å². The van der Waals surface area contributed by atoms with Crippen LogP contribution in [0.5, 0.6) is 0 Å². The number of aromatic nitrogens is 2. The first-order valence-corrected chi connectivity index (χ1v) is 7.42. The number of imide groups is 1. The molecule has 1 atom stereocenters. The lowest BCUT2D eigenvalue weighted by atomic mass is 10.1. The monoisotopic (exact) mass is 333 g/mol. The van der Waals surface area contributed by atoms with E-state index in [9.17, 15) is 18.8 Å². The molecule has 0 aliphatic carbocycles. The summed E-state index contributed by atoms with van der Waals surface area (Å²) in [5.41, 5.74) is 1.19. The van der Waals surface area contributed by atoms with Gasteiger partial charge in [-0.25, -0.2) is 14.2 Å². The highest BCUT2D eigenvalue weighted by Gasteiger charge is 2.29. The van der Waals surface area contributed by atoms with E-state index in [0.717, 1.165) is 0 Å². The Hall–Kier alpha value is -2.97. The fourth-order valence-corrected chi connectivity index (χ4v) is 2.54. The van der Waals surface area contributed by atoms with Gasteiger partial charge in [0.1, 0.15) is 17.7 Å². The molecule has 2 heterocycles. The number of hydrogen-bond donors (Lipinski definition) is 3. The molecule has 1 saturated heterocycles. The molecular formula is C15H16FN5O3. The molecule has 4 amide bonds. The van der Waals surface area contributed by atoms with Crippen LogP contribution in [-0.4, -0.2) is 45.8 Å². The minimum atomic E-state index is -0.677. The topological polar surface area (TPSA) is 107 Å². The van der Waals surface area contributed by atoms with Crippen molar-refractivity contribution in [2.24, 2.45) is 0 Å². The number of nitrogens with one attached hydrogen (secondary N) is 3. The van der Waals surface area contributed by atoms with Gasteiger partial charge in [0.2, 0.25) is 5.91 Å². The van der Waals surface area contributed by atoms with E-state index >= 15 is 0 Å². The molecule has 1 aliphatic rings. The molecule has 1 fully saturated rings. The first-order valence-electron chi connectivity index (χ1n) is 7.42. The molecule has 3 N–H and O–H groups in total. The Kier molecular flexibility index (Phi) is 4.15.